The highest BCUT2D eigenvalue weighted by Crippen LogP contribution is 2.16. The zero-order chi connectivity index (χ0) is 13.0. The van der Waals surface area contributed by atoms with Gasteiger partial charge < -0.3 is 14.8 Å². The van der Waals surface area contributed by atoms with Crippen molar-refractivity contribution in [2.24, 2.45) is 5.92 Å². The van der Waals surface area contributed by atoms with E-state index < -0.39 is 0 Å². The van der Waals surface area contributed by atoms with E-state index in [4.69, 9.17) is 9.52 Å². The summed E-state index contributed by atoms with van der Waals surface area (Å²) in [6.45, 7) is 4.24. The zero-order valence-electron chi connectivity index (χ0n) is 10.6. The zero-order valence-corrected chi connectivity index (χ0v) is 10.6. The van der Waals surface area contributed by atoms with Gasteiger partial charge in [-0.1, -0.05) is 6.92 Å². The number of hydrogen-bond acceptors (Lipinski definition) is 4. The first-order valence-corrected chi connectivity index (χ1v) is 6.35. The lowest BCUT2D eigenvalue weighted by atomic mass is 10.1. The molecule has 5 nitrogen and oxygen atoms in total. The molecule has 2 N–H and O–H groups in total. The molecule has 18 heavy (non-hydrogen) atoms. The Bertz CT molecular complexity index is 378. The first-order chi connectivity index (χ1) is 8.70. The molecule has 100 valence electrons. The molecule has 1 aromatic rings. The van der Waals surface area contributed by atoms with Crippen LogP contribution in [0, 0.1) is 5.92 Å². The molecule has 1 amide bonds. The van der Waals surface area contributed by atoms with Crippen molar-refractivity contribution < 1.29 is 14.3 Å². The van der Waals surface area contributed by atoms with Crippen LogP contribution in [0.3, 0.4) is 0 Å². The Morgan fingerprint density at radius 3 is 3.11 bits per heavy atom. The molecule has 1 fully saturated rings. The number of nitrogens with one attached hydrogen (secondary N) is 1. The van der Waals surface area contributed by atoms with Crippen LogP contribution in [0.15, 0.2) is 22.8 Å². The van der Waals surface area contributed by atoms with Crippen molar-refractivity contribution in [1.82, 2.24) is 10.2 Å². The lowest BCUT2D eigenvalue weighted by Crippen LogP contribution is -2.44. The van der Waals surface area contributed by atoms with E-state index in [-0.39, 0.29) is 18.6 Å². The van der Waals surface area contributed by atoms with Gasteiger partial charge in [-0.25, -0.2) is 0 Å². The van der Waals surface area contributed by atoms with Crippen molar-refractivity contribution in [2.45, 2.75) is 25.9 Å². The van der Waals surface area contributed by atoms with Crippen LogP contribution in [0.2, 0.25) is 0 Å². The Morgan fingerprint density at radius 1 is 1.61 bits per heavy atom. The van der Waals surface area contributed by atoms with Crippen molar-refractivity contribution >= 4 is 5.91 Å². The van der Waals surface area contributed by atoms with E-state index >= 15 is 0 Å². The van der Waals surface area contributed by atoms with Gasteiger partial charge in [0.1, 0.15) is 5.76 Å². The minimum atomic E-state index is -0.273. The second-order valence-electron chi connectivity index (χ2n) is 4.89. The van der Waals surface area contributed by atoms with Crippen LogP contribution in [-0.4, -0.2) is 41.7 Å². The van der Waals surface area contributed by atoms with Gasteiger partial charge in [-0.15, -0.1) is 0 Å². The maximum Gasteiger partial charge on any atom is 0.237 e. The Kier molecular flexibility index (Phi) is 4.38. The van der Waals surface area contributed by atoms with Gasteiger partial charge in [0, 0.05) is 19.7 Å². The molecule has 2 atom stereocenters. The van der Waals surface area contributed by atoms with Crippen molar-refractivity contribution in [3.63, 3.8) is 0 Å². The molecule has 5 heteroatoms. The molecule has 1 aromatic heterocycles. The number of hydrogen-bond donors (Lipinski definition) is 2. The molecule has 0 saturated carbocycles. The van der Waals surface area contributed by atoms with Crippen LogP contribution in [0.1, 0.15) is 19.1 Å². The third-order valence-corrected chi connectivity index (χ3v) is 3.26. The molecule has 0 spiro atoms. The van der Waals surface area contributed by atoms with Crippen molar-refractivity contribution in [3.05, 3.63) is 24.2 Å². The first kappa shape index (κ1) is 13.1. The van der Waals surface area contributed by atoms with Gasteiger partial charge in [0.2, 0.25) is 5.91 Å². The van der Waals surface area contributed by atoms with Crippen LogP contribution in [0.4, 0.5) is 0 Å². The highest BCUT2D eigenvalue weighted by molar-refractivity contribution is 5.82. The maximum atomic E-state index is 12.0. The molecule has 2 heterocycles. The second kappa shape index (κ2) is 6.02. The molecule has 2 rings (SSSR count). The molecular weight excluding hydrogens is 232 g/mol. The summed E-state index contributed by atoms with van der Waals surface area (Å²) in [5.74, 6) is 1.24. The average molecular weight is 252 g/mol. The number of nitrogens with zero attached hydrogens (tertiary/aromatic N) is 1. The largest absolute Gasteiger partial charge is 0.468 e. The van der Waals surface area contributed by atoms with E-state index in [1.165, 1.54) is 0 Å². The van der Waals surface area contributed by atoms with Gasteiger partial charge in [0.15, 0.2) is 0 Å². The van der Waals surface area contributed by atoms with E-state index in [2.05, 4.69) is 17.1 Å². The minimum absolute atomic E-state index is 0.0000406. The standard InChI is InChI=1S/C13H20N2O3/c1-10-7-14-13(17)12(4-5-16)15(8-10)9-11-3-2-6-18-11/h2-3,6,10,12,16H,4-5,7-9H2,1H3,(H,14,17). The fourth-order valence-electron chi connectivity index (χ4n) is 2.36. The summed E-state index contributed by atoms with van der Waals surface area (Å²) in [4.78, 5) is 14.1. The molecule has 1 saturated heterocycles. The molecule has 1 aliphatic rings. The van der Waals surface area contributed by atoms with Crippen LogP contribution in [-0.2, 0) is 11.3 Å². The number of amides is 1. The van der Waals surface area contributed by atoms with Gasteiger partial charge in [-0.2, -0.15) is 0 Å². The Balaban J connectivity index is 2.11. The smallest absolute Gasteiger partial charge is 0.237 e. The summed E-state index contributed by atoms with van der Waals surface area (Å²) in [5.41, 5.74) is 0. The summed E-state index contributed by atoms with van der Waals surface area (Å²) < 4.78 is 5.34. The van der Waals surface area contributed by atoms with Gasteiger partial charge in [-0.3, -0.25) is 9.69 Å². The quantitative estimate of drug-likeness (QED) is 0.823. The molecule has 0 aromatic carbocycles. The molecule has 0 aliphatic carbocycles. The third-order valence-electron chi connectivity index (χ3n) is 3.26. The number of rotatable bonds is 4. The minimum Gasteiger partial charge on any atom is -0.468 e. The fraction of sp³-hybridized carbons (Fsp3) is 0.615. The monoisotopic (exact) mass is 252 g/mol. The first-order valence-electron chi connectivity index (χ1n) is 6.35. The number of carbonyl (C=O) groups excluding carboxylic acids is 1. The molecule has 2 unspecified atom stereocenters. The Labute approximate surface area is 107 Å². The molecule has 0 radical (unpaired) electrons. The van der Waals surface area contributed by atoms with Crippen LogP contribution >= 0.6 is 0 Å². The topological polar surface area (TPSA) is 65.7 Å². The van der Waals surface area contributed by atoms with Gasteiger partial charge in [0.05, 0.1) is 18.8 Å². The number of carbonyl (C=O) groups is 1. The van der Waals surface area contributed by atoms with E-state index in [0.717, 1.165) is 12.3 Å². The van der Waals surface area contributed by atoms with Crippen molar-refractivity contribution in [2.75, 3.05) is 19.7 Å². The SMILES string of the molecule is CC1CNC(=O)C(CCO)N(Cc2ccco2)C1. The highest BCUT2D eigenvalue weighted by atomic mass is 16.3. The van der Waals surface area contributed by atoms with Gasteiger partial charge in [-0.05, 0) is 24.5 Å². The van der Waals surface area contributed by atoms with Crippen molar-refractivity contribution in [1.29, 1.82) is 0 Å². The molecular formula is C13H20N2O3. The van der Waals surface area contributed by atoms with E-state index in [1.807, 2.05) is 12.1 Å². The third kappa shape index (κ3) is 3.11. The average Bonchev–Trinajstić information content (AvgIpc) is 2.80. The predicted octanol–water partition coefficient (Wildman–Crippen LogP) is 0.598. The number of aliphatic hydroxyl groups is 1. The summed E-state index contributed by atoms with van der Waals surface area (Å²) in [6.07, 6.45) is 2.09. The van der Waals surface area contributed by atoms with Gasteiger partial charge >= 0.3 is 0 Å². The fourth-order valence-corrected chi connectivity index (χ4v) is 2.36. The highest BCUT2D eigenvalue weighted by Gasteiger charge is 2.30. The van der Waals surface area contributed by atoms with Crippen molar-refractivity contribution in [3.8, 4) is 0 Å². The van der Waals surface area contributed by atoms with E-state index in [0.29, 0.717) is 25.4 Å². The van der Waals surface area contributed by atoms with E-state index in [9.17, 15) is 4.79 Å². The van der Waals surface area contributed by atoms with Crippen LogP contribution < -0.4 is 5.32 Å². The van der Waals surface area contributed by atoms with Crippen LogP contribution in [0.5, 0.6) is 0 Å². The maximum absolute atomic E-state index is 12.0. The summed E-state index contributed by atoms with van der Waals surface area (Å²) in [5, 5.41) is 12.0. The summed E-state index contributed by atoms with van der Waals surface area (Å²) in [7, 11) is 0. The lowest BCUT2D eigenvalue weighted by molar-refractivity contribution is -0.126. The summed E-state index contributed by atoms with van der Waals surface area (Å²) >= 11 is 0. The predicted molar refractivity (Wildman–Crippen MR) is 66.8 cm³/mol. The molecule has 1 aliphatic heterocycles. The Hall–Kier alpha value is -1.33. The van der Waals surface area contributed by atoms with E-state index in [1.54, 1.807) is 6.26 Å². The summed E-state index contributed by atoms with van der Waals surface area (Å²) in [6, 6.07) is 3.48. The molecule has 0 bridgehead atoms. The van der Waals surface area contributed by atoms with Crippen LogP contribution in [0.25, 0.3) is 0 Å². The number of furan rings is 1. The second-order valence-corrected chi connectivity index (χ2v) is 4.89. The normalized spacial score (nSPS) is 25.8. The Morgan fingerprint density at radius 2 is 2.44 bits per heavy atom. The van der Waals surface area contributed by atoms with Gasteiger partial charge in [0.25, 0.3) is 0 Å². The number of aliphatic hydroxyl groups excluding tert-OH is 1. The lowest BCUT2D eigenvalue weighted by Gasteiger charge is -2.27.